The molecule has 0 spiro atoms. The summed E-state index contributed by atoms with van der Waals surface area (Å²) in [5.41, 5.74) is -1.73. The first-order valence-corrected chi connectivity index (χ1v) is 6.39. The number of likely N-dealkylation sites (tertiary alicyclic amines) is 1. The Labute approximate surface area is 108 Å². The third kappa shape index (κ3) is 2.44. The zero-order valence-corrected chi connectivity index (χ0v) is 11.8. The maximum Gasteiger partial charge on any atom is 0.411 e. The van der Waals surface area contributed by atoms with Gasteiger partial charge in [0, 0.05) is 6.54 Å². The number of ether oxygens (including phenoxy) is 1. The number of carbonyl (C=O) groups is 2. The topological polar surface area (TPSA) is 66.8 Å². The molecule has 0 saturated carbocycles. The minimum absolute atomic E-state index is 0.0625. The first kappa shape index (κ1) is 14.8. The lowest BCUT2D eigenvalue weighted by Crippen LogP contribution is -2.56. The van der Waals surface area contributed by atoms with Crippen molar-refractivity contribution in [2.75, 3.05) is 6.54 Å². The van der Waals surface area contributed by atoms with Crippen LogP contribution in [-0.2, 0) is 9.53 Å². The summed E-state index contributed by atoms with van der Waals surface area (Å²) in [5, 5.41) is 9.50. The van der Waals surface area contributed by atoms with Gasteiger partial charge in [0.25, 0.3) is 0 Å². The van der Waals surface area contributed by atoms with E-state index in [1.807, 2.05) is 6.92 Å². The quantitative estimate of drug-likeness (QED) is 0.825. The Morgan fingerprint density at radius 3 is 2.39 bits per heavy atom. The minimum atomic E-state index is -1.12. The van der Waals surface area contributed by atoms with Crippen molar-refractivity contribution >= 4 is 12.1 Å². The van der Waals surface area contributed by atoms with Gasteiger partial charge in [0.05, 0.1) is 0 Å². The van der Waals surface area contributed by atoms with E-state index in [0.717, 1.165) is 0 Å². The van der Waals surface area contributed by atoms with Gasteiger partial charge in [-0.1, -0.05) is 13.8 Å². The summed E-state index contributed by atoms with van der Waals surface area (Å²) in [5.74, 6) is -1.01. The average Bonchev–Trinajstić information content (AvgIpc) is 2.53. The van der Waals surface area contributed by atoms with Gasteiger partial charge >= 0.3 is 12.1 Å². The molecular weight excluding hydrogens is 234 g/mol. The van der Waals surface area contributed by atoms with E-state index < -0.39 is 23.2 Å². The van der Waals surface area contributed by atoms with Crippen molar-refractivity contribution in [3.8, 4) is 0 Å². The lowest BCUT2D eigenvalue weighted by atomic mass is 9.84. The Bertz CT molecular complexity index is 347. The van der Waals surface area contributed by atoms with E-state index in [0.29, 0.717) is 19.4 Å². The van der Waals surface area contributed by atoms with Crippen LogP contribution >= 0.6 is 0 Å². The number of aliphatic carboxylic acids is 1. The summed E-state index contributed by atoms with van der Waals surface area (Å²) in [6.45, 7) is 9.45. The Balaban J connectivity index is 3.01. The van der Waals surface area contributed by atoms with Gasteiger partial charge in [-0.25, -0.2) is 9.59 Å². The van der Waals surface area contributed by atoms with E-state index in [2.05, 4.69) is 0 Å². The van der Waals surface area contributed by atoms with Gasteiger partial charge in [-0.3, -0.25) is 4.90 Å². The van der Waals surface area contributed by atoms with Crippen molar-refractivity contribution in [1.29, 1.82) is 0 Å². The van der Waals surface area contributed by atoms with Crippen LogP contribution in [0, 0.1) is 5.92 Å². The van der Waals surface area contributed by atoms with Crippen LogP contribution in [0.3, 0.4) is 0 Å². The lowest BCUT2D eigenvalue weighted by Gasteiger charge is -2.37. The number of carboxylic acid groups (broad SMARTS) is 1. The normalized spacial score (nSPS) is 28.3. The zero-order chi connectivity index (χ0) is 14.1. The van der Waals surface area contributed by atoms with Crippen LogP contribution in [0.4, 0.5) is 4.79 Å². The Kier molecular flexibility index (Phi) is 3.93. The molecule has 0 aromatic carbocycles. The van der Waals surface area contributed by atoms with Crippen LogP contribution in [0.15, 0.2) is 0 Å². The number of nitrogens with zero attached hydrogens (tertiary/aromatic N) is 1. The van der Waals surface area contributed by atoms with Gasteiger partial charge in [-0.05, 0) is 39.5 Å². The van der Waals surface area contributed by atoms with Crippen molar-refractivity contribution in [3.05, 3.63) is 0 Å². The van der Waals surface area contributed by atoms with Crippen LogP contribution in [0.2, 0.25) is 0 Å². The largest absolute Gasteiger partial charge is 0.479 e. The van der Waals surface area contributed by atoms with E-state index in [1.54, 1.807) is 27.7 Å². The average molecular weight is 257 g/mol. The lowest BCUT2D eigenvalue weighted by molar-refractivity contribution is -0.151. The van der Waals surface area contributed by atoms with E-state index >= 15 is 0 Å². The van der Waals surface area contributed by atoms with Crippen molar-refractivity contribution in [2.24, 2.45) is 5.92 Å². The van der Waals surface area contributed by atoms with Gasteiger partial charge in [0.2, 0.25) is 0 Å². The smallest absolute Gasteiger partial charge is 0.411 e. The molecule has 5 nitrogen and oxygen atoms in total. The molecule has 1 amide bonds. The Morgan fingerprint density at radius 2 is 2.00 bits per heavy atom. The molecule has 1 saturated heterocycles. The van der Waals surface area contributed by atoms with E-state index in [1.165, 1.54) is 4.90 Å². The Hall–Kier alpha value is -1.26. The molecule has 0 unspecified atom stereocenters. The van der Waals surface area contributed by atoms with Gasteiger partial charge in [0.15, 0.2) is 0 Å². The minimum Gasteiger partial charge on any atom is -0.479 e. The standard InChI is InChI=1S/C13H23NO4/c1-6-13(10(15)16)9(2)7-8-14(13)11(17)18-12(3,4)5/h9H,6-8H2,1-5H3,(H,15,16)/t9-,13-/m0/s1. The number of hydrogen-bond donors (Lipinski definition) is 1. The molecule has 104 valence electrons. The molecule has 2 atom stereocenters. The maximum absolute atomic E-state index is 12.1. The van der Waals surface area contributed by atoms with Crippen LogP contribution in [0.1, 0.15) is 47.5 Å². The third-order valence-electron chi connectivity index (χ3n) is 3.61. The highest BCUT2D eigenvalue weighted by atomic mass is 16.6. The van der Waals surface area contributed by atoms with Crippen molar-refractivity contribution < 1.29 is 19.4 Å². The van der Waals surface area contributed by atoms with Gasteiger partial charge in [-0.15, -0.1) is 0 Å². The molecule has 1 heterocycles. The van der Waals surface area contributed by atoms with Gasteiger partial charge in [0.1, 0.15) is 11.1 Å². The maximum atomic E-state index is 12.1. The molecule has 1 aliphatic heterocycles. The molecule has 0 radical (unpaired) electrons. The second-order valence-corrected chi connectivity index (χ2v) is 5.90. The number of carboxylic acids is 1. The summed E-state index contributed by atoms with van der Waals surface area (Å²) < 4.78 is 5.30. The fourth-order valence-corrected chi connectivity index (χ4v) is 2.62. The van der Waals surface area contributed by atoms with Crippen molar-refractivity contribution in [3.63, 3.8) is 0 Å². The van der Waals surface area contributed by atoms with Crippen molar-refractivity contribution in [1.82, 2.24) is 4.90 Å². The highest BCUT2D eigenvalue weighted by Gasteiger charge is 2.54. The Morgan fingerprint density at radius 1 is 1.44 bits per heavy atom. The second-order valence-electron chi connectivity index (χ2n) is 5.90. The molecule has 1 fully saturated rings. The van der Waals surface area contributed by atoms with E-state index in [9.17, 15) is 14.7 Å². The molecular formula is C13H23NO4. The monoisotopic (exact) mass is 257 g/mol. The molecule has 0 aromatic heterocycles. The molecule has 0 aliphatic carbocycles. The summed E-state index contributed by atoms with van der Waals surface area (Å²) in [6.07, 6.45) is 0.554. The number of rotatable bonds is 2. The molecule has 0 aromatic rings. The van der Waals surface area contributed by atoms with Crippen LogP contribution in [-0.4, -0.2) is 39.8 Å². The third-order valence-corrected chi connectivity index (χ3v) is 3.61. The molecule has 1 aliphatic rings. The summed E-state index contributed by atoms with van der Waals surface area (Å²) in [7, 11) is 0. The van der Waals surface area contributed by atoms with Gasteiger partial charge in [-0.2, -0.15) is 0 Å². The van der Waals surface area contributed by atoms with E-state index in [4.69, 9.17) is 4.74 Å². The number of carbonyl (C=O) groups excluding carboxylic acids is 1. The number of hydrogen-bond acceptors (Lipinski definition) is 3. The second kappa shape index (κ2) is 4.78. The van der Waals surface area contributed by atoms with Crippen LogP contribution in [0.5, 0.6) is 0 Å². The summed E-state index contributed by atoms with van der Waals surface area (Å²) in [6, 6.07) is 0. The first-order valence-electron chi connectivity index (χ1n) is 6.39. The predicted octanol–water partition coefficient (Wildman–Crippen LogP) is 2.50. The molecule has 1 rings (SSSR count). The number of amides is 1. The molecule has 0 bridgehead atoms. The molecule has 5 heteroatoms. The molecule has 1 N–H and O–H groups in total. The summed E-state index contributed by atoms with van der Waals surface area (Å²) in [4.78, 5) is 25.1. The zero-order valence-electron chi connectivity index (χ0n) is 11.8. The first-order chi connectivity index (χ1) is 8.15. The summed E-state index contributed by atoms with van der Waals surface area (Å²) >= 11 is 0. The highest BCUT2D eigenvalue weighted by Crippen LogP contribution is 2.38. The van der Waals surface area contributed by atoms with Gasteiger partial charge < -0.3 is 9.84 Å². The molecule has 18 heavy (non-hydrogen) atoms. The van der Waals surface area contributed by atoms with Crippen LogP contribution < -0.4 is 0 Å². The fourth-order valence-electron chi connectivity index (χ4n) is 2.62. The van der Waals surface area contributed by atoms with Crippen LogP contribution in [0.25, 0.3) is 0 Å². The highest BCUT2D eigenvalue weighted by molar-refractivity contribution is 5.85. The SMILES string of the molecule is CC[C@@]1(C(=O)O)[C@@H](C)CCN1C(=O)OC(C)(C)C. The predicted molar refractivity (Wildman–Crippen MR) is 67.4 cm³/mol. The fraction of sp³-hybridized carbons (Fsp3) is 0.846. The van der Waals surface area contributed by atoms with Crippen molar-refractivity contribution in [2.45, 2.75) is 58.6 Å². The van der Waals surface area contributed by atoms with E-state index in [-0.39, 0.29) is 5.92 Å².